The van der Waals surface area contributed by atoms with Crippen LogP contribution >= 0.6 is 0 Å². The van der Waals surface area contributed by atoms with Crippen LogP contribution in [-0.4, -0.2) is 35.1 Å². The molecule has 1 aliphatic heterocycles. The van der Waals surface area contributed by atoms with Crippen LogP contribution in [-0.2, 0) is 4.79 Å². The minimum atomic E-state index is -0.815. The molecule has 0 radical (unpaired) electrons. The first kappa shape index (κ1) is 17.3. The van der Waals surface area contributed by atoms with Crippen molar-refractivity contribution in [1.29, 1.82) is 0 Å². The molecule has 126 valence electrons. The maximum atomic E-state index is 12.6. The van der Waals surface area contributed by atoms with E-state index in [-0.39, 0.29) is 12.1 Å². The SMILES string of the molecule is CC(C)CC(NC(=O)N1CCCC(C(=O)O)C1)c1ccccc1. The lowest BCUT2D eigenvalue weighted by Crippen LogP contribution is -2.48. The topological polar surface area (TPSA) is 69.6 Å². The Morgan fingerprint density at radius 3 is 2.61 bits per heavy atom. The molecule has 0 bridgehead atoms. The molecule has 1 aromatic carbocycles. The Hall–Kier alpha value is -2.04. The molecule has 0 saturated carbocycles. The van der Waals surface area contributed by atoms with Crippen molar-refractivity contribution in [1.82, 2.24) is 10.2 Å². The smallest absolute Gasteiger partial charge is 0.317 e. The third-order valence-corrected chi connectivity index (χ3v) is 4.26. The van der Waals surface area contributed by atoms with Gasteiger partial charge in [-0.05, 0) is 30.7 Å². The third-order valence-electron chi connectivity index (χ3n) is 4.26. The van der Waals surface area contributed by atoms with Gasteiger partial charge in [0.25, 0.3) is 0 Å². The maximum Gasteiger partial charge on any atom is 0.317 e. The van der Waals surface area contributed by atoms with Gasteiger partial charge in [0.05, 0.1) is 12.0 Å². The molecule has 2 atom stereocenters. The van der Waals surface area contributed by atoms with Gasteiger partial charge in [0.15, 0.2) is 0 Å². The van der Waals surface area contributed by atoms with E-state index in [2.05, 4.69) is 19.2 Å². The van der Waals surface area contributed by atoms with Crippen LogP contribution in [0.5, 0.6) is 0 Å². The van der Waals surface area contributed by atoms with Gasteiger partial charge in [0.1, 0.15) is 0 Å². The number of rotatable bonds is 5. The summed E-state index contributed by atoms with van der Waals surface area (Å²) < 4.78 is 0. The maximum absolute atomic E-state index is 12.6. The van der Waals surface area contributed by atoms with Crippen LogP contribution in [0.2, 0.25) is 0 Å². The van der Waals surface area contributed by atoms with E-state index in [1.54, 1.807) is 4.90 Å². The predicted molar refractivity (Wildman–Crippen MR) is 89.1 cm³/mol. The van der Waals surface area contributed by atoms with Gasteiger partial charge in [-0.15, -0.1) is 0 Å². The van der Waals surface area contributed by atoms with E-state index < -0.39 is 11.9 Å². The zero-order valence-corrected chi connectivity index (χ0v) is 13.9. The molecule has 5 nitrogen and oxygen atoms in total. The number of nitrogens with zero attached hydrogens (tertiary/aromatic N) is 1. The number of urea groups is 1. The number of piperidine rings is 1. The second-order valence-corrected chi connectivity index (χ2v) is 6.67. The second-order valence-electron chi connectivity index (χ2n) is 6.67. The summed E-state index contributed by atoms with van der Waals surface area (Å²) >= 11 is 0. The normalized spacial score (nSPS) is 19.4. The summed E-state index contributed by atoms with van der Waals surface area (Å²) in [5, 5.41) is 12.2. The van der Waals surface area contributed by atoms with Crippen molar-refractivity contribution in [3.05, 3.63) is 35.9 Å². The largest absolute Gasteiger partial charge is 0.481 e. The molecule has 0 aromatic heterocycles. The Morgan fingerprint density at radius 1 is 1.30 bits per heavy atom. The Bertz CT molecular complexity index is 530. The number of hydrogen-bond donors (Lipinski definition) is 2. The van der Waals surface area contributed by atoms with Crippen LogP contribution in [0, 0.1) is 11.8 Å². The van der Waals surface area contributed by atoms with Crippen molar-refractivity contribution in [2.45, 2.75) is 39.2 Å². The van der Waals surface area contributed by atoms with Gasteiger partial charge in [-0.3, -0.25) is 4.79 Å². The van der Waals surface area contributed by atoms with Crippen LogP contribution < -0.4 is 5.32 Å². The van der Waals surface area contributed by atoms with Crippen molar-refractivity contribution in [3.8, 4) is 0 Å². The molecular weight excluding hydrogens is 292 g/mol. The van der Waals surface area contributed by atoms with Crippen LogP contribution in [0.15, 0.2) is 30.3 Å². The quantitative estimate of drug-likeness (QED) is 0.875. The van der Waals surface area contributed by atoms with E-state index in [0.29, 0.717) is 25.4 Å². The van der Waals surface area contributed by atoms with Gasteiger partial charge >= 0.3 is 12.0 Å². The van der Waals surface area contributed by atoms with E-state index >= 15 is 0 Å². The first-order chi connectivity index (χ1) is 11.0. The number of likely N-dealkylation sites (tertiary alicyclic amines) is 1. The standard InChI is InChI=1S/C18H26N2O3/c1-13(2)11-16(14-7-4-3-5-8-14)19-18(23)20-10-6-9-15(12-20)17(21)22/h3-5,7-8,13,15-16H,6,9-12H2,1-2H3,(H,19,23)(H,21,22). The average molecular weight is 318 g/mol. The number of carboxylic acid groups (broad SMARTS) is 1. The molecule has 0 spiro atoms. The highest BCUT2D eigenvalue weighted by Crippen LogP contribution is 2.23. The summed E-state index contributed by atoms with van der Waals surface area (Å²) in [4.78, 5) is 25.3. The summed E-state index contributed by atoms with van der Waals surface area (Å²) in [6, 6.07) is 9.72. The number of carboxylic acids is 1. The summed E-state index contributed by atoms with van der Waals surface area (Å²) in [6.45, 7) is 5.18. The minimum Gasteiger partial charge on any atom is -0.481 e. The number of amides is 2. The summed E-state index contributed by atoms with van der Waals surface area (Å²) in [5.74, 6) is -0.812. The number of benzene rings is 1. The summed E-state index contributed by atoms with van der Waals surface area (Å²) in [7, 11) is 0. The van der Waals surface area contributed by atoms with Gasteiger partial charge in [-0.25, -0.2) is 4.79 Å². The van der Waals surface area contributed by atoms with Gasteiger partial charge in [0.2, 0.25) is 0 Å². The van der Waals surface area contributed by atoms with Gasteiger partial charge in [0, 0.05) is 13.1 Å². The van der Waals surface area contributed by atoms with Crippen LogP contribution in [0.4, 0.5) is 4.79 Å². The van der Waals surface area contributed by atoms with Crippen molar-refractivity contribution < 1.29 is 14.7 Å². The number of carbonyl (C=O) groups is 2. The molecule has 0 aliphatic carbocycles. The zero-order valence-electron chi connectivity index (χ0n) is 13.9. The lowest BCUT2D eigenvalue weighted by atomic mass is 9.96. The zero-order chi connectivity index (χ0) is 16.8. The molecule has 2 amide bonds. The highest BCUT2D eigenvalue weighted by molar-refractivity contribution is 5.77. The van der Waals surface area contributed by atoms with Gasteiger partial charge in [-0.1, -0.05) is 44.2 Å². The predicted octanol–water partition coefficient (Wildman–Crippen LogP) is 3.28. The molecule has 1 fully saturated rings. The molecule has 2 rings (SSSR count). The first-order valence-electron chi connectivity index (χ1n) is 8.30. The summed E-state index contributed by atoms with van der Waals surface area (Å²) in [5.41, 5.74) is 1.08. The van der Waals surface area contributed by atoms with Crippen LogP contribution in [0.3, 0.4) is 0 Å². The van der Waals surface area contributed by atoms with Crippen molar-refractivity contribution in [3.63, 3.8) is 0 Å². The van der Waals surface area contributed by atoms with Crippen LogP contribution in [0.25, 0.3) is 0 Å². The molecule has 1 aliphatic rings. The highest BCUT2D eigenvalue weighted by atomic mass is 16.4. The molecular formula is C18H26N2O3. The minimum absolute atomic E-state index is 0.0473. The van der Waals surface area contributed by atoms with Crippen molar-refractivity contribution >= 4 is 12.0 Å². The fourth-order valence-electron chi connectivity index (χ4n) is 3.04. The third kappa shape index (κ3) is 4.98. The van der Waals surface area contributed by atoms with Crippen molar-refractivity contribution in [2.24, 2.45) is 11.8 Å². The number of aliphatic carboxylic acids is 1. The monoisotopic (exact) mass is 318 g/mol. The lowest BCUT2D eigenvalue weighted by molar-refractivity contribution is -0.143. The van der Waals surface area contributed by atoms with E-state index in [1.807, 2.05) is 30.3 Å². The Morgan fingerprint density at radius 2 is 2.00 bits per heavy atom. The second kappa shape index (κ2) is 7.99. The molecule has 1 aromatic rings. The Labute approximate surface area is 137 Å². The highest BCUT2D eigenvalue weighted by Gasteiger charge is 2.29. The first-order valence-corrected chi connectivity index (χ1v) is 8.30. The number of hydrogen-bond acceptors (Lipinski definition) is 2. The molecule has 1 heterocycles. The number of carbonyl (C=O) groups excluding carboxylic acids is 1. The average Bonchev–Trinajstić information content (AvgIpc) is 2.54. The van der Waals surface area contributed by atoms with E-state index in [4.69, 9.17) is 5.11 Å². The molecule has 23 heavy (non-hydrogen) atoms. The van der Waals surface area contributed by atoms with Crippen LogP contribution in [0.1, 0.15) is 44.7 Å². The fourth-order valence-corrected chi connectivity index (χ4v) is 3.04. The van der Waals surface area contributed by atoms with E-state index in [0.717, 1.165) is 18.4 Å². The van der Waals surface area contributed by atoms with Crippen molar-refractivity contribution in [2.75, 3.05) is 13.1 Å². The Kier molecular flexibility index (Phi) is 6.02. The van der Waals surface area contributed by atoms with Gasteiger partial charge < -0.3 is 15.3 Å². The molecule has 1 saturated heterocycles. The summed E-state index contributed by atoms with van der Waals surface area (Å²) in [6.07, 6.45) is 2.24. The Balaban J connectivity index is 2.04. The molecule has 2 unspecified atom stereocenters. The van der Waals surface area contributed by atoms with Gasteiger partial charge in [-0.2, -0.15) is 0 Å². The number of nitrogens with one attached hydrogen (secondary N) is 1. The fraction of sp³-hybridized carbons (Fsp3) is 0.556. The van der Waals surface area contributed by atoms with E-state index in [1.165, 1.54) is 0 Å². The molecule has 5 heteroatoms. The van der Waals surface area contributed by atoms with E-state index in [9.17, 15) is 9.59 Å². The lowest BCUT2D eigenvalue weighted by Gasteiger charge is -2.32. The molecule has 2 N–H and O–H groups in total.